The molecule has 3 atom stereocenters. The zero-order chi connectivity index (χ0) is 17.5. The van der Waals surface area contributed by atoms with E-state index in [1.165, 1.54) is 11.1 Å². The molecule has 24 heavy (non-hydrogen) atoms. The Morgan fingerprint density at radius 3 is 2.46 bits per heavy atom. The van der Waals surface area contributed by atoms with Crippen molar-refractivity contribution in [3.8, 4) is 0 Å². The molecule has 1 fully saturated rings. The first-order valence-electron chi connectivity index (χ1n) is 9.29. The van der Waals surface area contributed by atoms with Gasteiger partial charge in [-0.05, 0) is 43.2 Å². The van der Waals surface area contributed by atoms with Crippen molar-refractivity contribution in [3.63, 3.8) is 0 Å². The van der Waals surface area contributed by atoms with Crippen LogP contribution in [0.25, 0.3) is 0 Å². The number of Topliss-reactive ketones (excluding diaryl/α,β-unsaturated/α-hetero) is 1. The van der Waals surface area contributed by atoms with Gasteiger partial charge >= 0.3 is 0 Å². The highest BCUT2D eigenvalue weighted by Crippen LogP contribution is 2.31. The minimum Gasteiger partial charge on any atom is -0.373 e. The summed E-state index contributed by atoms with van der Waals surface area (Å²) in [5.74, 6) is 0.471. The number of carbonyl (C=O) groups is 1. The highest BCUT2D eigenvalue weighted by atomic mass is 16.5. The second-order valence-electron chi connectivity index (χ2n) is 8.70. The van der Waals surface area contributed by atoms with E-state index in [-0.39, 0.29) is 23.5 Å². The molecule has 1 heterocycles. The third-order valence-electron chi connectivity index (χ3n) is 5.34. The van der Waals surface area contributed by atoms with Gasteiger partial charge in [-0.25, -0.2) is 0 Å². The monoisotopic (exact) mass is 329 g/mol. The first-order chi connectivity index (χ1) is 11.2. The fourth-order valence-corrected chi connectivity index (χ4v) is 4.11. The molecule has 0 aromatic heterocycles. The SMILES string of the molecule is CC1CN(CC2CCc3cc(C(C)(C)C)ccc3C2=O)CC(C)O1. The molecule has 1 aromatic carbocycles. The fourth-order valence-electron chi connectivity index (χ4n) is 4.11. The molecule has 3 heteroatoms. The van der Waals surface area contributed by atoms with Gasteiger partial charge in [-0.1, -0.05) is 39.0 Å². The standard InChI is InChI=1S/C21H31NO2/c1-14-11-22(12-15(2)24-14)13-17-7-6-16-10-18(21(3,4)5)8-9-19(16)20(17)23/h8-10,14-15,17H,6-7,11-13H2,1-5H3. The van der Waals surface area contributed by atoms with Crippen LogP contribution >= 0.6 is 0 Å². The number of rotatable bonds is 2. The summed E-state index contributed by atoms with van der Waals surface area (Å²) in [6, 6.07) is 6.45. The lowest BCUT2D eigenvalue weighted by atomic mass is 9.78. The van der Waals surface area contributed by atoms with Crippen molar-refractivity contribution in [2.45, 2.75) is 65.1 Å². The van der Waals surface area contributed by atoms with Gasteiger partial charge in [0.15, 0.2) is 5.78 Å². The molecular formula is C21H31NO2. The third kappa shape index (κ3) is 3.73. The molecule has 3 rings (SSSR count). The van der Waals surface area contributed by atoms with Gasteiger partial charge in [-0.15, -0.1) is 0 Å². The molecular weight excluding hydrogens is 298 g/mol. The van der Waals surface area contributed by atoms with Crippen LogP contribution in [0, 0.1) is 5.92 Å². The maximum Gasteiger partial charge on any atom is 0.167 e. The van der Waals surface area contributed by atoms with Crippen LogP contribution in [-0.4, -0.2) is 42.5 Å². The van der Waals surface area contributed by atoms with Crippen molar-refractivity contribution in [1.29, 1.82) is 0 Å². The number of benzene rings is 1. The molecule has 2 aliphatic rings. The van der Waals surface area contributed by atoms with Crippen LogP contribution in [-0.2, 0) is 16.6 Å². The molecule has 1 aliphatic heterocycles. The summed E-state index contributed by atoms with van der Waals surface area (Å²) in [4.78, 5) is 15.4. The predicted octanol–water partition coefficient (Wildman–Crippen LogP) is 3.84. The lowest BCUT2D eigenvalue weighted by Gasteiger charge is -2.37. The normalized spacial score (nSPS) is 28.7. The maximum absolute atomic E-state index is 13.0. The van der Waals surface area contributed by atoms with Crippen molar-refractivity contribution in [1.82, 2.24) is 4.90 Å². The van der Waals surface area contributed by atoms with Gasteiger partial charge in [0.2, 0.25) is 0 Å². The highest BCUT2D eigenvalue weighted by molar-refractivity contribution is 6.00. The first-order valence-corrected chi connectivity index (χ1v) is 9.29. The topological polar surface area (TPSA) is 29.5 Å². The number of ketones is 1. The summed E-state index contributed by atoms with van der Waals surface area (Å²) in [6.45, 7) is 13.7. The van der Waals surface area contributed by atoms with Gasteiger partial charge in [0.25, 0.3) is 0 Å². The molecule has 1 saturated heterocycles. The molecule has 3 nitrogen and oxygen atoms in total. The van der Waals surface area contributed by atoms with Gasteiger partial charge in [-0.3, -0.25) is 9.69 Å². The quantitative estimate of drug-likeness (QED) is 0.826. The average Bonchev–Trinajstić information content (AvgIpc) is 2.48. The second-order valence-corrected chi connectivity index (χ2v) is 8.70. The van der Waals surface area contributed by atoms with Crippen molar-refractivity contribution in [2.24, 2.45) is 5.92 Å². The van der Waals surface area contributed by atoms with E-state index < -0.39 is 0 Å². The average molecular weight is 329 g/mol. The number of morpholine rings is 1. The summed E-state index contributed by atoms with van der Waals surface area (Å²) >= 11 is 0. The third-order valence-corrected chi connectivity index (χ3v) is 5.34. The Morgan fingerprint density at radius 2 is 1.83 bits per heavy atom. The second kappa shape index (κ2) is 6.61. The fraction of sp³-hybridized carbons (Fsp3) is 0.667. The number of hydrogen-bond donors (Lipinski definition) is 0. The molecule has 3 unspecified atom stereocenters. The van der Waals surface area contributed by atoms with Crippen molar-refractivity contribution in [3.05, 3.63) is 34.9 Å². The molecule has 0 spiro atoms. The van der Waals surface area contributed by atoms with E-state index in [0.29, 0.717) is 5.78 Å². The van der Waals surface area contributed by atoms with Crippen LogP contribution in [0.3, 0.4) is 0 Å². The van der Waals surface area contributed by atoms with E-state index in [9.17, 15) is 4.79 Å². The van der Waals surface area contributed by atoms with Crippen LogP contribution < -0.4 is 0 Å². The van der Waals surface area contributed by atoms with E-state index in [4.69, 9.17) is 4.74 Å². The van der Waals surface area contributed by atoms with E-state index in [1.807, 2.05) is 0 Å². The number of ether oxygens (including phenoxy) is 1. The first kappa shape index (κ1) is 17.6. The molecule has 0 bridgehead atoms. The van der Waals surface area contributed by atoms with Crippen LogP contribution in [0.5, 0.6) is 0 Å². The van der Waals surface area contributed by atoms with E-state index in [0.717, 1.165) is 38.0 Å². The Morgan fingerprint density at radius 1 is 1.17 bits per heavy atom. The molecule has 0 radical (unpaired) electrons. The van der Waals surface area contributed by atoms with E-state index in [1.54, 1.807) is 0 Å². The minimum absolute atomic E-state index is 0.134. The van der Waals surface area contributed by atoms with Gasteiger partial charge in [-0.2, -0.15) is 0 Å². The molecule has 1 aromatic rings. The summed E-state index contributed by atoms with van der Waals surface area (Å²) in [7, 11) is 0. The lowest BCUT2D eigenvalue weighted by Crippen LogP contribution is -2.48. The Hall–Kier alpha value is -1.19. The van der Waals surface area contributed by atoms with Crippen LogP contribution in [0.15, 0.2) is 18.2 Å². The number of fused-ring (bicyclic) bond motifs is 1. The Kier molecular flexibility index (Phi) is 4.85. The number of nitrogens with zero attached hydrogens (tertiary/aromatic N) is 1. The molecule has 132 valence electrons. The number of carbonyl (C=O) groups excluding carboxylic acids is 1. The van der Waals surface area contributed by atoms with Crippen molar-refractivity contribution in [2.75, 3.05) is 19.6 Å². The van der Waals surface area contributed by atoms with Gasteiger partial charge in [0.05, 0.1) is 12.2 Å². The summed E-state index contributed by atoms with van der Waals surface area (Å²) in [5.41, 5.74) is 3.65. The van der Waals surface area contributed by atoms with Crippen LogP contribution in [0.2, 0.25) is 0 Å². The molecule has 1 aliphatic carbocycles. The van der Waals surface area contributed by atoms with E-state index in [2.05, 4.69) is 57.7 Å². The van der Waals surface area contributed by atoms with Gasteiger partial charge in [0.1, 0.15) is 0 Å². The largest absolute Gasteiger partial charge is 0.373 e. The summed E-state index contributed by atoms with van der Waals surface area (Å²) in [5, 5.41) is 0. The van der Waals surface area contributed by atoms with Crippen LogP contribution in [0.1, 0.15) is 62.5 Å². The molecule has 0 saturated carbocycles. The summed E-state index contributed by atoms with van der Waals surface area (Å²) in [6.07, 6.45) is 2.51. The van der Waals surface area contributed by atoms with Gasteiger partial charge < -0.3 is 4.74 Å². The number of hydrogen-bond acceptors (Lipinski definition) is 3. The molecule has 0 N–H and O–H groups in total. The maximum atomic E-state index is 13.0. The zero-order valence-electron chi connectivity index (χ0n) is 15.8. The Bertz CT molecular complexity index is 607. The van der Waals surface area contributed by atoms with Crippen molar-refractivity contribution >= 4 is 5.78 Å². The van der Waals surface area contributed by atoms with E-state index >= 15 is 0 Å². The Labute approximate surface area is 146 Å². The number of aryl methyl sites for hydroxylation is 1. The predicted molar refractivity (Wildman–Crippen MR) is 97.7 cm³/mol. The van der Waals surface area contributed by atoms with Gasteiger partial charge in [0, 0.05) is 31.1 Å². The highest BCUT2D eigenvalue weighted by Gasteiger charge is 2.32. The minimum atomic E-state index is 0.134. The lowest BCUT2D eigenvalue weighted by molar-refractivity contribution is -0.0707. The van der Waals surface area contributed by atoms with Crippen molar-refractivity contribution < 1.29 is 9.53 Å². The molecule has 0 amide bonds. The smallest absolute Gasteiger partial charge is 0.167 e. The Balaban J connectivity index is 1.73. The summed E-state index contributed by atoms with van der Waals surface area (Å²) < 4.78 is 5.81. The zero-order valence-corrected chi connectivity index (χ0v) is 15.8. The van der Waals surface area contributed by atoms with Crippen LogP contribution in [0.4, 0.5) is 0 Å².